The highest BCUT2D eigenvalue weighted by atomic mass is 35.5. The van der Waals surface area contributed by atoms with Crippen molar-refractivity contribution in [2.24, 2.45) is 5.10 Å². The van der Waals surface area contributed by atoms with Crippen molar-refractivity contribution in [2.75, 3.05) is 5.43 Å². The van der Waals surface area contributed by atoms with Crippen molar-refractivity contribution in [3.05, 3.63) is 75.0 Å². The Morgan fingerprint density at radius 1 is 1.20 bits per heavy atom. The molecule has 0 fully saturated rings. The SMILES string of the molecule is N#Cc1c(-c2ccccc2)nc(NN=Cc2c(Cl)cccc2OC(F)(F)F)[nH]c1=O. The molecule has 0 saturated heterocycles. The van der Waals surface area contributed by atoms with Gasteiger partial charge in [0, 0.05) is 5.56 Å². The van der Waals surface area contributed by atoms with Crippen LogP contribution in [0.2, 0.25) is 5.02 Å². The first-order valence-electron chi connectivity index (χ1n) is 8.21. The lowest BCUT2D eigenvalue weighted by Crippen LogP contribution is -2.18. The van der Waals surface area contributed by atoms with Crippen LogP contribution in [0.3, 0.4) is 0 Å². The van der Waals surface area contributed by atoms with Gasteiger partial charge < -0.3 is 4.74 Å². The predicted octanol–water partition coefficient (Wildman–Crippen LogP) is 4.31. The van der Waals surface area contributed by atoms with E-state index in [1.54, 1.807) is 36.4 Å². The molecule has 11 heteroatoms. The summed E-state index contributed by atoms with van der Waals surface area (Å²) in [6.45, 7) is 0. The summed E-state index contributed by atoms with van der Waals surface area (Å²) < 4.78 is 41.6. The Kier molecular flexibility index (Phi) is 6.03. The second kappa shape index (κ2) is 8.67. The van der Waals surface area contributed by atoms with Crippen molar-refractivity contribution >= 4 is 23.8 Å². The highest BCUT2D eigenvalue weighted by Crippen LogP contribution is 2.29. The Morgan fingerprint density at radius 2 is 1.93 bits per heavy atom. The summed E-state index contributed by atoms with van der Waals surface area (Å²) >= 11 is 5.93. The van der Waals surface area contributed by atoms with Crippen LogP contribution >= 0.6 is 11.6 Å². The molecule has 0 aliphatic rings. The Hall–Kier alpha value is -3.84. The number of ether oxygens (including phenoxy) is 1. The van der Waals surface area contributed by atoms with Crippen molar-refractivity contribution in [2.45, 2.75) is 6.36 Å². The maximum Gasteiger partial charge on any atom is 0.573 e. The topological polar surface area (TPSA) is 103 Å². The monoisotopic (exact) mass is 433 g/mol. The molecule has 152 valence electrons. The number of alkyl halides is 3. The van der Waals surface area contributed by atoms with Gasteiger partial charge in [-0.05, 0) is 12.1 Å². The number of aromatic amines is 1. The number of anilines is 1. The van der Waals surface area contributed by atoms with E-state index in [2.05, 4.69) is 25.2 Å². The van der Waals surface area contributed by atoms with Crippen molar-refractivity contribution < 1.29 is 17.9 Å². The molecule has 0 saturated carbocycles. The molecule has 0 aliphatic carbocycles. The molecule has 0 unspecified atom stereocenters. The zero-order valence-electron chi connectivity index (χ0n) is 14.9. The number of nitriles is 1. The third-order valence-corrected chi connectivity index (χ3v) is 4.01. The number of hydrogen-bond donors (Lipinski definition) is 2. The number of halogens is 4. The van der Waals surface area contributed by atoms with E-state index in [0.29, 0.717) is 5.56 Å². The first-order chi connectivity index (χ1) is 14.3. The number of H-pyrrole nitrogens is 1. The third kappa shape index (κ3) is 4.95. The largest absolute Gasteiger partial charge is 0.573 e. The second-order valence-corrected chi connectivity index (χ2v) is 6.09. The third-order valence-electron chi connectivity index (χ3n) is 3.68. The summed E-state index contributed by atoms with van der Waals surface area (Å²) in [6, 6.07) is 14.0. The molecule has 2 N–H and O–H groups in total. The molecule has 3 rings (SSSR count). The van der Waals surface area contributed by atoms with Crippen LogP contribution < -0.4 is 15.7 Å². The first kappa shape index (κ1) is 20.9. The maximum atomic E-state index is 12.6. The fourth-order valence-corrected chi connectivity index (χ4v) is 2.66. The fourth-order valence-electron chi connectivity index (χ4n) is 2.45. The molecule has 0 amide bonds. The van der Waals surface area contributed by atoms with Crippen molar-refractivity contribution in [1.29, 1.82) is 5.26 Å². The molecular formula is C19H11ClF3N5O2. The average molecular weight is 434 g/mol. The van der Waals surface area contributed by atoms with Crippen LogP contribution in [-0.2, 0) is 0 Å². The van der Waals surface area contributed by atoms with E-state index in [1.807, 2.05) is 0 Å². The smallest absolute Gasteiger partial charge is 0.405 e. The van der Waals surface area contributed by atoms with Crippen molar-refractivity contribution in [3.63, 3.8) is 0 Å². The minimum atomic E-state index is -4.91. The van der Waals surface area contributed by atoms with Crippen LogP contribution in [-0.4, -0.2) is 22.5 Å². The van der Waals surface area contributed by atoms with E-state index in [4.69, 9.17) is 11.6 Å². The molecule has 0 bridgehead atoms. The second-order valence-electron chi connectivity index (χ2n) is 5.69. The molecule has 0 atom stereocenters. The van der Waals surface area contributed by atoms with Crippen LogP contribution in [0.4, 0.5) is 19.1 Å². The minimum absolute atomic E-state index is 0.0337. The van der Waals surface area contributed by atoms with Gasteiger partial charge in [-0.15, -0.1) is 13.2 Å². The summed E-state index contributed by atoms with van der Waals surface area (Å²) in [6.07, 6.45) is -3.92. The number of hydrogen-bond acceptors (Lipinski definition) is 6. The molecule has 0 aliphatic heterocycles. The van der Waals surface area contributed by atoms with Gasteiger partial charge in [0.25, 0.3) is 5.56 Å². The lowest BCUT2D eigenvalue weighted by molar-refractivity contribution is -0.274. The molecule has 1 aromatic heterocycles. The Labute approximate surface area is 172 Å². The molecule has 3 aromatic rings. The molecule has 7 nitrogen and oxygen atoms in total. The van der Waals surface area contributed by atoms with Crippen molar-refractivity contribution in [3.8, 4) is 23.1 Å². The number of nitrogens with zero attached hydrogens (tertiary/aromatic N) is 3. The van der Waals surface area contributed by atoms with Gasteiger partial charge in [-0.1, -0.05) is 48.0 Å². The van der Waals surface area contributed by atoms with E-state index in [-0.39, 0.29) is 27.8 Å². The van der Waals surface area contributed by atoms with Crippen LogP contribution in [0, 0.1) is 11.3 Å². The quantitative estimate of drug-likeness (QED) is 0.461. The summed E-state index contributed by atoms with van der Waals surface area (Å²) in [5, 5.41) is 13.0. The molecule has 0 radical (unpaired) electrons. The molecule has 1 heterocycles. The van der Waals surface area contributed by atoms with Crippen LogP contribution in [0.25, 0.3) is 11.3 Å². The minimum Gasteiger partial charge on any atom is -0.405 e. The van der Waals surface area contributed by atoms with Gasteiger partial charge >= 0.3 is 6.36 Å². The summed E-state index contributed by atoms with van der Waals surface area (Å²) in [4.78, 5) is 18.7. The highest BCUT2D eigenvalue weighted by Gasteiger charge is 2.32. The zero-order valence-corrected chi connectivity index (χ0v) is 15.6. The van der Waals surface area contributed by atoms with Gasteiger partial charge in [0.2, 0.25) is 5.95 Å². The molecular weight excluding hydrogens is 423 g/mol. The van der Waals surface area contributed by atoms with E-state index in [1.165, 1.54) is 12.1 Å². The predicted molar refractivity (Wildman–Crippen MR) is 104 cm³/mol. The van der Waals surface area contributed by atoms with E-state index >= 15 is 0 Å². The Bertz CT molecular complexity index is 1190. The Balaban J connectivity index is 1.92. The maximum absolute atomic E-state index is 12.6. The molecule has 0 spiro atoms. The van der Waals surface area contributed by atoms with Gasteiger partial charge in [0.1, 0.15) is 17.4 Å². The van der Waals surface area contributed by atoms with Gasteiger partial charge in [-0.3, -0.25) is 9.78 Å². The van der Waals surface area contributed by atoms with Gasteiger partial charge in [-0.25, -0.2) is 10.4 Å². The number of nitrogens with one attached hydrogen (secondary N) is 2. The standard InChI is InChI=1S/C19H11ClF3N5O2/c20-14-7-4-8-15(30-19(21,22)23)13(14)10-25-28-18-26-16(11-5-2-1-3-6-11)12(9-24)17(29)27-18/h1-8,10H,(H2,26,27,28,29). The van der Waals surface area contributed by atoms with Crippen LogP contribution in [0.1, 0.15) is 11.1 Å². The summed E-state index contributed by atoms with van der Waals surface area (Å²) in [5.41, 5.74) is 2.03. The normalized spacial score (nSPS) is 11.3. The Morgan fingerprint density at radius 3 is 2.60 bits per heavy atom. The van der Waals surface area contributed by atoms with Crippen LogP contribution in [0.15, 0.2) is 58.4 Å². The van der Waals surface area contributed by atoms with Crippen molar-refractivity contribution in [1.82, 2.24) is 9.97 Å². The molecule has 30 heavy (non-hydrogen) atoms. The molecule has 2 aromatic carbocycles. The average Bonchev–Trinajstić information content (AvgIpc) is 2.69. The fraction of sp³-hybridized carbons (Fsp3) is 0.0526. The van der Waals surface area contributed by atoms with E-state index < -0.39 is 17.7 Å². The lowest BCUT2D eigenvalue weighted by Gasteiger charge is -2.12. The number of aromatic nitrogens is 2. The van der Waals surface area contributed by atoms with Gasteiger partial charge in [0.05, 0.1) is 22.5 Å². The van der Waals surface area contributed by atoms with Crippen LogP contribution in [0.5, 0.6) is 5.75 Å². The summed E-state index contributed by atoms with van der Waals surface area (Å²) in [7, 11) is 0. The highest BCUT2D eigenvalue weighted by molar-refractivity contribution is 6.33. The van der Waals surface area contributed by atoms with E-state index in [0.717, 1.165) is 12.3 Å². The zero-order chi connectivity index (χ0) is 21.7. The number of hydrazone groups is 1. The summed E-state index contributed by atoms with van der Waals surface area (Å²) in [5.74, 6) is -0.675. The van der Waals surface area contributed by atoms with E-state index in [9.17, 15) is 23.2 Å². The van der Waals surface area contributed by atoms with Gasteiger partial charge in [0.15, 0.2) is 0 Å². The first-order valence-corrected chi connectivity index (χ1v) is 8.59. The lowest BCUT2D eigenvalue weighted by atomic mass is 10.1. The number of rotatable bonds is 5. The number of benzene rings is 2. The van der Waals surface area contributed by atoms with Gasteiger partial charge in [-0.2, -0.15) is 10.4 Å².